The first-order chi connectivity index (χ1) is 14.7. The maximum absolute atomic E-state index is 10.2. The number of benzene rings is 2. The summed E-state index contributed by atoms with van der Waals surface area (Å²) < 4.78 is 0.893. The summed E-state index contributed by atoms with van der Waals surface area (Å²) in [5, 5.41) is 13.6. The van der Waals surface area contributed by atoms with Crippen molar-refractivity contribution < 1.29 is 5.21 Å². The number of nitrogen functional groups attached to an aromatic ring is 1. The monoisotopic (exact) mass is 397 g/mol. The van der Waals surface area contributed by atoms with Crippen LogP contribution < -0.4 is 16.5 Å². The molecule has 0 radical (unpaired) electrons. The van der Waals surface area contributed by atoms with Crippen LogP contribution >= 0.6 is 0 Å². The summed E-state index contributed by atoms with van der Waals surface area (Å²) in [4.78, 5) is 8.77. The molecule has 2 heterocycles. The van der Waals surface area contributed by atoms with E-state index in [1.54, 1.807) is 18.3 Å². The maximum Gasteiger partial charge on any atom is 0.167 e. The summed E-state index contributed by atoms with van der Waals surface area (Å²) >= 11 is 0. The van der Waals surface area contributed by atoms with Crippen LogP contribution in [-0.4, -0.2) is 21.5 Å². The van der Waals surface area contributed by atoms with Gasteiger partial charge in [0.15, 0.2) is 5.49 Å². The molecule has 2 aromatic heterocycles. The van der Waals surface area contributed by atoms with Gasteiger partial charge < -0.3 is 16.3 Å². The van der Waals surface area contributed by atoms with Crippen molar-refractivity contribution in [2.75, 3.05) is 17.6 Å². The molecule has 0 aliphatic carbocycles. The van der Waals surface area contributed by atoms with E-state index in [0.29, 0.717) is 18.5 Å². The van der Waals surface area contributed by atoms with Crippen molar-refractivity contribution in [1.82, 2.24) is 9.71 Å². The fraction of sp³-hybridized carbons (Fsp3) is 0.0833. The van der Waals surface area contributed by atoms with Crippen molar-refractivity contribution in [2.45, 2.75) is 6.42 Å². The molecule has 0 saturated heterocycles. The Kier molecular flexibility index (Phi) is 5.75. The van der Waals surface area contributed by atoms with Gasteiger partial charge in [-0.25, -0.2) is 0 Å². The molecule has 2 aromatic carbocycles. The highest BCUT2D eigenvalue weighted by Gasteiger charge is 2.04. The fourth-order valence-corrected chi connectivity index (χ4v) is 3.18. The molecule has 0 fully saturated rings. The molecule has 6 heteroatoms. The smallest absolute Gasteiger partial charge is 0.167 e. The van der Waals surface area contributed by atoms with Crippen LogP contribution in [-0.2, 0) is 6.42 Å². The Morgan fingerprint density at radius 1 is 0.867 bits per heavy atom. The normalized spacial score (nSPS) is 11.4. The fourth-order valence-electron chi connectivity index (χ4n) is 3.18. The van der Waals surface area contributed by atoms with Crippen LogP contribution in [0.2, 0.25) is 0 Å². The van der Waals surface area contributed by atoms with Gasteiger partial charge in [-0.15, -0.1) is 0 Å². The summed E-state index contributed by atoms with van der Waals surface area (Å²) in [6.45, 7) is 0.490. The van der Waals surface area contributed by atoms with Crippen LogP contribution in [0.1, 0.15) is 5.69 Å². The molecule has 0 saturated carbocycles. The van der Waals surface area contributed by atoms with E-state index < -0.39 is 0 Å². The Labute approximate surface area is 175 Å². The summed E-state index contributed by atoms with van der Waals surface area (Å²) in [5.74, 6) is 0.204. The maximum atomic E-state index is 10.2. The lowest BCUT2D eigenvalue weighted by Gasteiger charge is -2.11. The minimum atomic E-state index is 0.204. The topological polar surface area (TPSA) is 88.5 Å². The van der Waals surface area contributed by atoms with Crippen molar-refractivity contribution in [2.24, 2.45) is 4.99 Å². The third-order valence-corrected chi connectivity index (χ3v) is 4.68. The number of nitrogens with zero attached hydrogens (tertiary/aromatic N) is 3. The number of anilines is 3. The molecule has 4 N–H and O–H groups in total. The van der Waals surface area contributed by atoms with E-state index in [1.807, 2.05) is 48.5 Å². The zero-order valence-corrected chi connectivity index (χ0v) is 16.4. The van der Waals surface area contributed by atoms with Crippen LogP contribution in [0.5, 0.6) is 0 Å². The molecule has 0 aliphatic rings. The molecule has 0 spiro atoms. The zero-order chi connectivity index (χ0) is 20.8. The van der Waals surface area contributed by atoms with Crippen molar-refractivity contribution in [1.29, 1.82) is 0 Å². The van der Waals surface area contributed by atoms with Gasteiger partial charge in [-0.05, 0) is 35.4 Å². The number of nitrogens with one attached hydrogen (secondary N) is 1. The summed E-state index contributed by atoms with van der Waals surface area (Å²) in [5.41, 5.74) is 11.2. The van der Waals surface area contributed by atoms with Gasteiger partial charge in [0.2, 0.25) is 0 Å². The third kappa shape index (κ3) is 4.67. The molecule has 0 amide bonds. The molecule has 6 nitrogen and oxygen atoms in total. The highest BCUT2D eigenvalue weighted by Crippen LogP contribution is 2.24. The van der Waals surface area contributed by atoms with E-state index in [1.165, 1.54) is 0 Å². The largest absolute Gasteiger partial charge is 0.425 e. The number of nitrogens with two attached hydrogens (primary N) is 1. The van der Waals surface area contributed by atoms with Gasteiger partial charge in [0.25, 0.3) is 0 Å². The lowest BCUT2D eigenvalue weighted by Crippen LogP contribution is -2.22. The zero-order valence-electron chi connectivity index (χ0n) is 16.4. The minimum absolute atomic E-state index is 0.204. The first kappa shape index (κ1) is 19.3. The molecule has 4 aromatic rings. The minimum Gasteiger partial charge on any atom is -0.425 e. The second-order valence-electron chi connectivity index (χ2n) is 6.86. The molecule has 4 rings (SSSR count). The molecule has 0 unspecified atom stereocenters. The van der Waals surface area contributed by atoms with Crippen LogP contribution in [0.4, 0.5) is 17.2 Å². The predicted molar refractivity (Wildman–Crippen MR) is 120 cm³/mol. The second-order valence-corrected chi connectivity index (χ2v) is 6.86. The van der Waals surface area contributed by atoms with E-state index in [2.05, 4.69) is 39.6 Å². The highest BCUT2D eigenvalue weighted by molar-refractivity contribution is 5.71. The van der Waals surface area contributed by atoms with Gasteiger partial charge in [-0.3, -0.25) is 9.98 Å². The Morgan fingerprint density at radius 2 is 1.67 bits per heavy atom. The molecule has 0 bridgehead atoms. The van der Waals surface area contributed by atoms with Crippen molar-refractivity contribution >= 4 is 17.2 Å². The molecule has 150 valence electrons. The number of aromatic nitrogens is 2. The first-order valence-corrected chi connectivity index (χ1v) is 9.74. The Balaban J connectivity index is 1.56. The van der Waals surface area contributed by atoms with Crippen LogP contribution in [0, 0.1) is 0 Å². The Hall–Kier alpha value is -4.06. The molecular formula is C24H23N5O. The quantitative estimate of drug-likeness (QED) is 0.424. The summed E-state index contributed by atoms with van der Waals surface area (Å²) in [7, 11) is 0. The molecule has 0 atom stereocenters. The van der Waals surface area contributed by atoms with Gasteiger partial charge in [-0.1, -0.05) is 48.5 Å². The summed E-state index contributed by atoms with van der Waals surface area (Å²) in [6, 6.07) is 27.5. The van der Waals surface area contributed by atoms with Crippen LogP contribution in [0.15, 0.2) is 96.1 Å². The summed E-state index contributed by atoms with van der Waals surface area (Å²) in [6.07, 6.45) is 2.44. The molecule has 30 heavy (non-hydrogen) atoms. The number of rotatable bonds is 6. The Bertz CT molecular complexity index is 1190. The lowest BCUT2D eigenvalue weighted by atomic mass is 10.1. The van der Waals surface area contributed by atoms with Gasteiger partial charge in [0.05, 0.1) is 0 Å². The molecule has 0 aliphatic heterocycles. The van der Waals surface area contributed by atoms with Crippen molar-refractivity contribution in [3.8, 4) is 11.1 Å². The standard InChI is InChI=1S/C24H23N5O/c25-23-16-22(17-24(29(23)30)27-14-12-20-10-4-5-13-26-20)28-21-11-6-9-19(15-21)18-7-2-1-3-8-18/h1-11,13,15-17,28,30H,12,14,25H2. The van der Waals surface area contributed by atoms with E-state index in [4.69, 9.17) is 5.73 Å². The average Bonchev–Trinajstić information content (AvgIpc) is 2.78. The SMILES string of the molecule is Nc1cc(Nc2cccc(-c3ccccc3)c2)cc(=NCCc2ccccn2)n1O. The predicted octanol–water partition coefficient (Wildman–Crippen LogP) is 4.26. The average molecular weight is 397 g/mol. The van der Waals surface area contributed by atoms with Crippen LogP contribution in [0.25, 0.3) is 11.1 Å². The lowest BCUT2D eigenvalue weighted by molar-refractivity contribution is 0.178. The van der Waals surface area contributed by atoms with Gasteiger partial charge in [0.1, 0.15) is 5.82 Å². The number of pyridine rings is 2. The molecular weight excluding hydrogens is 374 g/mol. The number of hydrogen-bond acceptors (Lipinski definition) is 5. The van der Waals surface area contributed by atoms with Gasteiger partial charge in [0, 0.05) is 48.4 Å². The van der Waals surface area contributed by atoms with Crippen molar-refractivity contribution in [3.05, 3.63) is 102 Å². The second kappa shape index (κ2) is 8.96. The van der Waals surface area contributed by atoms with E-state index in [0.717, 1.165) is 32.9 Å². The van der Waals surface area contributed by atoms with E-state index in [9.17, 15) is 5.21 Å². The van der Waals surface area contributed by atoms with Gasteiger partial charge >= 0.3 is 0 Å². The third-order valence-electron chi connectivity index (χ3n) is 4.68. The van der Waals surface area contributed by atoms with E-state index in [-0.39, 0.29) is 5.82 Å². The Morgan fingerprint density at radius 3 is 2.47 bits per heavy atom. The van der Waals surface area contributed by atoms with E-state index >= 15 is 0 Å². The first-order valence-electron chi connectivity index (χ1n) is 9.74. The highest BCUT2D eigenvalue weighted by atomic mass is 16.5. The van der Waals surface area contributed by atoms with Crippen LogP contribution in [0.3, 0.4) is 0 Å². The number of hydrogen-bond donors (Lipinski definition) is 3. The van der Waals surface area contributed by atoms with Crippen molar-refractivity contribution in [3.63, 3.8) is 0 Å². The van der Waals surface area contributed by atoms with Gasteiger partial charge in [-0.2, -0.15) is 4.73 Å².